The predicted molar refractivity (Wildman–Crippen MR) is 97.0 cm³/mol. The molecule has 0 radical (unpaired) electrons. The summed E-state index contributed by atoms with van der Waals surface area (Å²) in [6.07, 6.45) is 6.67. The molecule has 0 aromatic heterocycles. The largest absolute Gasteiger partial charge is 0.299 e. The maximum absolute atomic E-state index is 12.7. The standard InChI is InChI=1S/C17H24N2O4S2/c1-16(2)14-5-7-17(16,15(20)9-14)12-25(21,22)23-24(3,4)8-6-13(10-18)11-19/h6,14H,5,7-9,12H2,1-4H3. The minimum Gasteiger partial charge on any atom is -0.299 e. The van der Waals surface area contributed by atoms with Gasteiger partial charge in [0.15, 0.2) is 0 Å². The van der Waals surface area contributed by atoms with E-state index in [4.69, 9.17) is 14.2 Å². The molecule has 8 heteroatoms. The maximum Gasteiger partial charge on any atom is 0.277 e. The fraction of sp³-hybridized carbons (Fsp3) is 0.706. The summed E-state index contributed by atoms with van der Waals surface area (Å²) in [5, 5.41) is 17.5. The molecular weight excluding hydrogens is 360 g/mol. The number of hydrogen-bond acceptors (Lipinski definition) is 6. The smallest absolute Gasteiger partial charge is 0.277 e. The lowest BCUT2D eigenvalue weighted by Gasteiger charge is -2.37. The molecule has 2 atom stereocenters. The van der Waals surface area contributed by atoms with Crippen LogP contribution < -0.4 is 0 Å². The molecular formula is C17H24N2O4S2. The number of Topliss-reactive ketones (excluding diaryl/α,β-unsaturated/α-hetero) is 1. The lowest BCUT2D eigenvalue weighted by molar-refractivity contribution is -0.128. The zero-order valence-corrected chi connectivity index (χ0v) is 16.7. The summed E-state index contributed by atoms with van der Waals surface area (Å²) in [6.45, 7) is 3.97. The van der Waals surface area contributed by atoms with E-state index in [-0.39, 0.29) is 34.2 Å². The van der Waals surface area contributed by atoms with Gasteiger partial charge in [-0.15, -0.1) is 10.3 Å². The van der Waals surface area contributed by atoms with Gasteiger partial charge in [-0.05, 0) is 42.8 Å². The molecule has 0 N–H and O–H groups in total. The van der Waals surface area contributed by atoms with Crippen LogP contribution in [0.15, 0.2) is 11.6 Å². The molecule has 0 aromatic rings. The van der Waals surface area contributed by atoms with Crippen molar-refractivity contribution < 1.29 is 16.8 Å². The lowest BCUT2D eigenvalue weighted by atomic mass is 9.70. The van der Waals surface area contributed by atoms with E-state index in [2.05, 4.69) is 0 Å². The van der Waals surface area contributed by atoms with Crippen LogP contribution in [0.5, 0.6) is 0 Å². The topological polar surface area (TPSA) is 108 Å². The zero-order chi connectivity index (χ0) is 19.1. The van der Waals surface area contributed by atoms with Gasteiger partial charge >= 0.3 is 0 Å². The van der Waals surface area contributed by atoms with Gasteiger partial charge in [0, 0.05) is 12.2 Å². The number of rotatable bonds is 6. The second kappa shape index (κ2) is 6.42. The number of carbonyl (C=O) groups is 1. The Morgan fingerprint density at radius 2 is 1.92 bits per heavy atom. The Labute approximate surface area is 151 Å². The van der Waals surface area contributed by atoms with Crippen molar-refractivity contribution in [2.75, 3.05) is 24.0 Å². The van der Waals surface area contributed by atoms with Crippen LogP contribution in [0.4, 0.5) is 0 Å². The van der Waals surface area contributed by atoms with E-state index in [1.54, 1.807) is 24.6 Å². The van der Waals surface area contributed by atoms with E-state index in [1.165, 1.54) is 6.08 Å². The molecule has 0 spiro atoms. The Kier molecular flexibility index (Phi) is 5.13. The van der Waals surface area contributed by atoms with Crippen molar-refractivity contribution in [3.05, 3.63) is 11.6 Å². The number of carbonyl (C=O) groups excluding carboxylic acids is 1. The van der Waals surface area contributed by atoms with Crippen molar-refractivity contribution in [3.63, 3.8) is 0 Å². The molecule has 2 unspecified atom stereocenters. The summed E-state index contributed by atoms with van der Waals surface area (Å²) < 4.78 is 30.8. The summed E-state index contributed by atoms with van der Waals surface area (Å²) in [5.41, 5.74) is -1.26. The van der Waals surface area contributed by atoms with Gasteiger partial charge in [-0.25, -0.2) is 3.63 Å². The van der Waals surface area contributed by atoms with Crippen LogP contribution in [0, 0.1) is 39.4 Å². The number of allylic oxidation sites excluding steroid dienone is 1. The van der Waals surface area contributed by atoms with Crippen LogP contribution in [0.2, 0.25) is 0 Å². The minimum absolute atomic E-state index is 0.0323. The van der Waals surface area contributed by atoms with Crippen LogP contribution in [0.1, 0.15) is 33.1 Å². The van der Waals surface area contributed by atoms with Crippen molar-refractivity contribution in [1.29, 1.82) is 10.5 Å². The summed E-state index contributed by atoms with van der Waals surface area (Å²) >= 11 is 0. The Hall–Kier alpha value is -1.35. The molecule has 138 valence electrons. The highest BCUT2D eigenvalue weighted by atomic mass is 32.3. The van der Waals surface area contributed by atoms with Gasteiger partial charge in [0.05, 0.1) is 11.2 Å². The molecule has 25 heavy (non-hydrogen) atoms. The van der Waals surface area contributed by atoms with Crippen molar-refractivity contribution in [2.24, 2.45) is 16.7 Å². The average molecular weight is 385 g/mol. The van der Waals surface area contributed by atoms with Crippen LogP contribution in [-0.2, 0) is 18.5 Å². The van der Waals surface area contributed by atoms with Crippen LogP contribution >= 0.6 is 10.3 Å². The monoisotopic (exact) mass is 384 g/mol. The first-order chi connectivity index (χ1) is 11.4. The second-order valence-corrected chi connectivity index (χ2v) is 13.0. The third-order valence-corrected chi connectivity index (χ3v) is 9.90. The molecule has 0 aliphatic heterocycles. The molecule has 0 amide bonds. The average Bonchev–Trinajstić information content (AvgIpc) is 2.80. The van der Waals surface area contributed by atoms with Crippen LogP contribution in [0.3, 0.4) is 0 Å². The van der Waals surface area contributed by atoms with E-state index >= 15 is 0 Å². The number of nitrogens with zero attached hydrogens (tertiary/aromatic N) is 2. The minimum atomic E-state index is -3.91. The Balaban J connectivity index is 2.18. The van der Waals surface area contributed by atoms with E-state index in [0.717, 1.165) is 6.42 Å². The van der Waals surface area contributed by atoms with Crippen molar-refractivity contribution in [1.82, 2.24) is 0 Å². The second-order valence-electron chi connectivity index (χ2n) is 7.88. The maximum atomic E-state index is 12.7. The molecule has 2 fully saturated rings. The van der Waals surface area contributed by atoms with Gasteiger partial charge < -0.3 is 0 Å². The summed E-state index contributed by atoms with van der Waals surface area (Å²) in [5.74, 6) is 0.179. The van der Waals surface area contributed by atoms with Gasteiger partial charge in [-0.3, -0.25) is 4.79 Å². The molecule has 0 aromatic carbocycles. The first kappa shape index (κ1) is 20.0. The molecule has 2 saturated carbocycles. The van der Waals surface area contributed by atoms with E-state index in [0.29, 0.717) is 12.8 Å². The Bertz CT molecular complexity index is 783. The zero-order valence-electron chi connectivity index (χ0n) is 15.0. The summed E-state index contributed by atoms with van der Waals surface area (Å²) in [4.78, 5) is 12.5. The quantitative estimate of drug-likeness (QED) is 0.651. The van der Waals surface area contributed by atoms with Crippen molar-refractivity contribution in [2.45, 2.75) is 33.1 Å². The van der Waals surface area contributed by atoms with E-state index < -0.39 is 25.8 Å². The third kappa shape index (κ3) is 3.62. The number of hydrogen-bond donors (Lipinski definition) is 0. The molecule has 2 rings (SSSR count). The SMILES string of the molecule is CC1(C)C2CCC1(CS(=O)(=O)OS(C)(C)CC=C(C#N)C#N)C(=O)C2. The summed E-state index contributed by atoms with van der Waals surface area (Å²) in [6, 6.07) is 3.49. The highest BCUT2D eigenvalue weighted by Gasteiger charge is 2.65. The van der Waals surface area contributed by atoms with Crippen molar-refractivity contribution in [3.8, 4) is 12.1 Å². The normalized spacial score (nSPS) is 28.2. The van der Waals surface area contributed by atoms with Crippen LogP contribution in [0.25, 0.3) is 0 Å². The van der Waals surface area contributed by atoms with Crippen LogP contribution in [-0.4, -0.2) is 38.2 Å². The van der Waals surface area contributed by atoms with Gasteiger partial charge in [0.1, 0.15) is 23.5 Å². The van der Waals surface area contributed by atoms with Gasteiger partial charge in [-0.1, -0.05) is 13.8 Å². The molecule has 2 aliphatic rings. The number of ketones is 1. The molecule has 0 heterocycles. The van der Waals surface area contributed by atoms with E-state index in [9.17, 15) is 13.2 Å². The molecule has 0 saturated heterocycles. The Morgan fingerprint density at radius 3 is 2.36 bits per heavy atom. The van der Waals surface area contributed by atoms with E-state index in [1.807, 2.05) is 13.8 Å². The van der Waals surface area contributed by atoms with Gasteiger partial charge in [0.2, 0.25) is 0 Å². The number of nitriles is 2. The highest BCUT2D eigenvalue weighted by molar-refractivity contribution is 8.32. The summed E-state index contributed by atoms with van der Waals surface area (Å²) in [7, 11) is -5.96. The third-order valence-electron chi connectivity index (χ3n) is 5.78. The first-order valence-corrected chi connectivity index (χ1v) is 12.2. The fourth-order valence-corrected chi connectivity index (χ4v) is 8.65. The first-order valence-electron chi connectivity index (χ1n) is 8.07. The lowest BCUT2D eigenvalue weighted by Crippen LogP contribution is -2.42. The number of fused-ring (bicyclic) bond motifs is 2. The molecule has 6 nitrogen and oxygen atoms in total. The molecule has 2 aliphatic carbocycles. The van der Waals surface area contributed by atoms with Crippen molar-refractivity contribution >= 4 is 26.2 Å². The highest BCUT2D eigenvalue weighted by Crippen LogP contribution is 2.64. The van der Waals surface area contributed by atoms with Gasteiger partial charge in [-0.2, -0.15) is 18.9 Å². The Morgan fingerprint density at radius 1 is 1.32 bits per heavy atom. The molecule has 2 bridgehead atoms. The predicted octanol–water partition coefficient (Wildman–Crippen LogP) is 2.68. The fourth-order valence-electron chi connectivity index (χ4n) is 4.14. The van der Waals surface area contributed by atoms with Gasteiger partial charge in [0.25, 0.3) is 10.1 Å².